The molecule has 0 saturated heterocycles. The van der Waals surface area contributed by atoms with Crippen LogP contribution >= 0.6 is 18.7 Å². The Bertz CT molecular complexity index is 350. The van der Waals surface area contributed by atoms with E-state index in [1.165, 1.54) is 19.3 Å². The molecule has 1 nitrogen and oxygen atoms in total. The molecule has 0 radical (unpaired) electrons. The summed E-state index contributed by atoms with van der Waals surface area (Å²) >= 11 is 5.54. The van der Waals surface area contributed by atoms with Crippen molar-refractivity contribution in [1.29, 1.82) is 0 Å². The van der Waals surface area contributed by atoms with E-state index in [1.807, 2.05) is 30.3 Å². The van der Waals surface area contributed by atoms with Gasteiger partial charge in [-0.05, 0) is 31.4 Å². The Balaban J connectivity index is 0.000000471. The molecule has 0 unspecified atom stereocenters. The van der Waals surface area contributed by atoms with Crippen LogP contribution in [-0.4, -0.2) is 18.5 Å². The van der Waals surface area contributed by atoms with E-state index in [9.17, 15) is 4.57 Å². The van der Waals surface area contributed by atoms with Crippen LogP contribution in [0, 0.1) is 0 Å². The number of unbranched alkanes of at least 4 members (excludes halogenated alkanes) is 3. The molecule has 0 N–H and O–H groups in total. The molecule has 0 aliphatic rings. The standard InChI is InChI=1S/C12H27OP.C6H5Cl/c1-4-7-10-14(13,11-8-5-2)12-9-6-3;7-6-4-2-1-3-5-6/h4-12H2,1-3H3;1-5H. The van der Waals surface area contributed by atoms with Crippen LogP contribution < -0.4 is 0 Å². The van der Waals surface area contributed by atoms with Gasteiger partial charge in [-0.1, -0.05) is 69.8 Å². The quantitative estimate of drug-likeness (QED) is 0.442. The SMILES string of the molecule is CCCCP(=O)(CCCC)CCCC.Clc1ccccc1. The molecule has 0 amide bonds. The second kappa shape index (κ2) is 13.4. The van der Waals surface area contributed by atoms with E-state index in [0.29, 0.717) is 0 Å². The highest BCUT2D eigenvalue weighted by Crippen LogP contribution is 2.48. The minimum atomic E-state index is -1.77. The van der Waals surface area contributed by atoms with Gasteiger partial charge in [0.25, 0.3) is 0 Å². The van der Waals surface area contributed by atoms with Gasteiger partial charge in [0.15, 0.2) is 0 Å². The van der Waals surface area contributed by atoms with Crippen molar-refractivity contribution in [1.82, 2.24) is 0 Å². The topological polar surface area (TPSA) is 17.1 Å². The van der Waals surface area contributed by atoms with Crippen LogP contribution in [0.5, 0.6) is 0 Å². The van der Waals surface area contributed by atoms with Crippen LogP contribution in [0.25, 0.3) is 0 Å². The average molecular weight is 331 g/mol. The highest BCUT2D eigenvalue weighted by Gasteiger charge is 2.19. The van der Waals surface area contributed by atoms with Crippen LogP contribution in [0.15, 0.2) is 30.3 Å². The maximum Gasteiger partial charge on any atom is 0.0877 e. The summed E-state index contributed by atoms with van der Waals surface area (Å²) in [6, 6.07) is 9.44. The first-order chi connectivity index (χ1) is 10.1. The lowest BCUT2D eigenvalue weighted by Gasteiger charge is -2.17. The number of halogens is 1. The third kappa shape index (κ3) is 12.0. The van der Waals surface area contributed by atoms with E-state index in [0.717, 1.165) is 42.8 Å². The van der Waals surface area contributed by atoms with Crippen LogP contribution in [0.4, 0.5) is 0 Å². The maximum absolute atomic E-state index is 12.5. The van der Waals surface area contributed by atoms with Gasteiger partial charge < -0.3 is 4.57 Å². The molecule has 122 valence electrons. The lowest BCUT2D eigenvalue weighted by Crippen LogP contribution is -2.00. The van der Waals surface area contributed by atoms with Gasteiger partial charge in [-0.3, -0.25) is 0 Å². The fourth-order valence-electron chi connectivity index (χ4n) is 2.09. The predicted molar refractivity (Wildman–Crippen MR) is 98.4 cm³/mol. The van der Waals surface area contributed by atoms with Crippen molar-refractivity contribution in [3.05, 3.63) is 35.4 Å². The molecule has 1 rings (SSSR count). The zero-order valence-corrected chi connectivity index (χ0v) is 15.6. The van der Waals surface area contributed by atoms with Crippen molar-refractivity contribution in [2.45, 2.75) is 59.3 Å². The molecule has 0 bridgehead atoms. The highest BCUT2D eigenvalue weighted by atomic mass is 35.5. The molecular formula is C18H32ClOP. The predicted octanol–water partition coefficient (Wildman–Crippen LogP) is 7.09. The normalized spacial score (nSPS) is 10.9. The van der Waals surface area contributed by atoms with E-state index in [4.69, 9.17) is 11.6 Å². The molecule has 1 aromatic carbocycles. The first kappa shape index (κ1) is 20.7. The number of benzene rings is 1. The molecule has 21 heavy (non-hydrogen) atoms. The molecule has 0 saturated carbocycles. The molecule has 3 heteroatoms. The van der Waals surface area contributed by atoms with Gasteiger partial charge >= 0.3 is 0 Å². The number of rotatable bonds is 9. The lowest BCUT2D eigenvalue weighted by molar-refractivity contribution is 0.567. The van der Waals surface area contributed by atoms with Gasteiger partial charge in [-0.15, -0.1) is 0 Å². The van der Waals surface area contributed by atoms with Gasteiger partial charge in [0, 0.05) is 23.5 Å². The van der Waals surface area contributed by atoms with Gasteiger partial charge in [0.2, 0.25) is 0 Å². The first-order valence-corrected chi connectivity index (χ1v) is 11.0. The van der Waals surface area contributed by atoms with E-state index in [2.05, 4.69) is 20.8 Å². The Morgan fingerprint density at radius 3 is 1.43 bits per heavy atom. The van der Waals surface area contributed by atoms with Gasteiger partial charge in [-0.2, -0.15) is 0 Å². The molecule has 0 fully saturated rings. The van der Waals surface area contributed by atoms with Crippen LogP contribution in [-0.2, 0) is 4.57 Å². The van der Waals surface area contributed by atoms with Gasteiger partial charge in [0.1, 0.15) is 0 Å². The molecule has 0 atom stereocenters. The molecule has 0 spiro atoms. The summed E-state index contributed by atoms with van der Waals surface area (Å²) in [5, 5.41) is 0.794. The largest absolute Gasteiger partial charge is 0.324 e. The fraction of sp³-hybridized carbons (Fsp3) is 0.667. The smallest absolute Gasteiger partial charge is 0.0877 e. The molecular weight excluding hydrogens is 299 g/mol. The summed E-state index contributed by atoms with van der Waals surface area (Å²) in [6.45, 7) is 6.55. The van der Waals surface area contributed by atoms with E-state index >= 15 is 0 Å². The Kier molecular flexibility index (Phi) is 13.2. The summed E-state index contributed by atoms with van der Waals surface area (Å²) in [5.74, 6) is 0. The van der Waals surface area contributed by atoms with E-state index < -0.39 is 7.14 Å². The minimum Gasteiger partial charge on any atom is -0.324 e. The minimum absolute atomic E-state index is 0.794. The summed E-state index contributed by atoms with van der Waals surface area (Å²) in [7, 11) is -1.77. The van der Waals surface area contributed by atoms with E-state index in [-0.39, 0.29) is 0 Å². The Labute approximate surface area is 136 Å². The second-order valence-corrected chi connectivity index (χ2v) is 9.48. The lowest BCUT2D eigenvalue weighted by atomic mass is 10.4. The van der Waals surface area contributed by atoms with Crippen LogP contribution in [0.1, 0.15) is 59.3 Å². The van der Waals surface area contributed by atoms with Crippen LogP contribution in [0.2, 0.25) is 5.02 Å². The Morgan fingerprint density at radius 2 is 1.19 bits per heavy atom. The Hall–Kier alpha value is -0.260. The third-order valence-electron chi connectivity index (χ3n) is 3.49. The summed E-state index contributed by atoms with van der Waals surface area (Å²) in [6.07, 6.45) is 10.0. The van der Waals surface area contributed by atoms with Crippen LogP contribution in [0.3, 0.4) is 0 Å². The van der Waals surface area contributed by atoms with Crippen molar-refractivity contribution in [3.63, 3.8) is 0 Å². The molecule has 0 heterocycles. The van der Waals surface area contributed by atoms with Gasteiger partial charge in [-0.25, -0.2) is 0 Å². The number of hydrogen-bond donors (Lipinski definition) is 0. The zero-order valence-electron chi connectivity index (χ0n) is 14.0. The fourth-order valence-corrected chi connectivity index (χ4v) is 5.58. The first-order valence-electron chi connectivity index (χ1n) is 8.35. The summed E-state index contributed by atoms with van der Waals surface area (Å²) in [5.41, 5.74) is 0. The second-order valence-electron chi connectivity index (χ2n) is 5.59. The number of hydrogen-bond acceptors (Lipinski definition) is 1. The molecule has 0 aromatic heterocycles. The molecule has 1 aromatic rings. The highest BCUT2D eigenvalue weighted by molar-refractivity contribution is 7.63. The van der Waals surface area contributed by atoms with Crippen molar-refractivity contribution >= 4 is 18.7 Å². The monoisotopic (exact) mass is 330 g/mol. The maximum atomic E-state index is 12.5. The van der Waals surface area contributed by atoms with Gasteiger partial charge in [0.05, 0.1) is 7.14 Å². The van der Waals surface area contributed by atoms with Crippen molar-refractivity contribution in [2.24, 2.45) is 0 Å². The van der Waals surface area contributed by atoms with Crippen molar-refractivity contribution in [3.8, 4) is 0 Å². The summed E-state index contributed by atoms with van der Waals surface area (Å²) in [4.78, 5) is 0. The van der Waals surface area contributed by atoms with Crippen molar-refractivity contribution in [2.75, 3.05) is 18.5 Å². The zero-order chi connectivity index (χ0) is 16.0. The van der Waals surface area contributed by atoms with Crippen molar-refractivity contribution < 1.29 is 4.57 Å². The molecule has 0 aliphatic heterocycles. The Morgan fingerprint density at radius 1 is 0.810 bits per heavy atom. The van der Waals surface area contributed by atoms with E-state index in [1.54, 1.807) is 0 Å². The summed E-state index contributed by atoms with van der Waals surface area (Å²) < 4.78 is 12.5. The third-order valence-corrected chi connectivity index (χ3v) is 7.14. The molecule has 0 aliphatic carbocycles. The average Bonchev–Trinajstić information content (AvgIpc) is 2.51.